The van der Waals surface area contributed by atoms with Gasteiger partial charge in [0, 0.05) is 12.7 Å². The third-order valence-electron chi connectivity index (χ3n) is 4.44. The monoisotopic (exact) mass is 479 g/mol. The fourth-order valence-electron chi connectivity index (χ4n) is 2.71. The summed E-state index contributed by atoms with van der Waals surface area (Å²) in [6.45, 7) is 0. The molecule has 0 spiro atoms. The molecule has 32 heavy (non-hydrogen) atoms. The van der Waals surface area contributed by atoms with E-state index >= 15 is 0 Å². The Morgan fingerprint density at radius 3 is 2.19 bits per heavy atom. The van der Waals surface area contributed by atoms with Crippen molar-refractivity contribution < 1.29 is 30.8 Å². The smallest absolute Gasteiger partial charge is 0.322 e. The molecule has 0 radical (unpaired) electrons. The van der Waals surface area contributed by atoms with Crippen LogP contribution in [0, 0.1) is 0 Å². The molecule has 2 aromatic carbocycles. The molecule has 0 saturated heterocycles. The molecule has 3 aromatic rings. The number of carbonyl (C=O) groups is 1. The number of carbonyl (C=O) groups excluding carboxylic acids is 1. The second-order valence-corrected chi connectivity index (χ2v) is 11.0. The van der Waals surface area contributed by atoms with E-state index in [2.05, 4.69) is 15.5 Å². The Morgan fingerprint density at radius 2 is 1.59 bits per heavy atom. The predicted octanol–water partition coefficient (Wildman–Crippen LogP) is 1.88. The van der Waals surface area contributed by atoms with E-state index in [1.165, 1.54) is 43.5 Å². The van der Waals surface area contributed by atoms with Gasteiger partial charge in [-0.15, -0.1) is 5.10 Å². The molecule has 0 bridgehead atoms. The van der Waals surface area contributed by atoms with Gasteiger partial charge in [0.25, 0.3) is 0 Å². The van der Waals surface area contributed by atoms with E-state index in [4.69, 9.17) is 9.15 Å². The van der Waals surface area contributed by atoms with Crippen LogP contribution >= 0.6 is 0 Å². The Kier molecular flexibility index (Phi) is 6.94. The normalized spacial score (nSPS) is 11.8. The number of rotatable bonds is 9. The molecule has 0 saturated carbocycles. The SMILES string of the molecule is COc1ccc(S(=O)(=O)CCC(=O)Nc2nnc(Cc3ccc(S(C)(=O)=O)cc3)o2)cc1. The molecule has 0 fully saturated rings. The molecule has 170 valence electrons. The number of hydrogen-bond donors (Lipinski definition) is 1. The average molecular weight is 480 g/mol. The van der Waals surface area contributed by atoms with Crippen LogP contribution in [0.4, 0.5) is 6.01 Å². The van der Waals surface area contributed by atoms with Crippen molar-refractivity contribution in [2.24, 2.45) is 0 Å². The van der Waals surface area contributed by atoms with Gasteiger partial charge in [-0.1, -0.05) is 17.2 Å². The molecule has 0 aliphatic heterocycles. The average Bonchev–Trinajstić information content (AvgIpc) is 3.18. The van der Waals surface area contributed by atoms with Crippen molar-refractivity contribution in [1.29, 1.82) is 0 Å². The van der Waals surface area contributed by atoms with Gasteiger partial charge in [0.1, 0.15) is 5.75 Å². The quantitative estimate of drug-likeness (QED) is 0.486. The highest BCUT2D eigenvalue weighted by Crippen LogP contribution is 2.18. The molecule has 1 aromatic heterocycles. The molecule has 1 amide bonds. The van der Waals surface area contributed by atoms with E-state index in [1.807, 2.05) is 0 Å². The number of anilines is 1. The van der Waals surface area contributed by atoms with Crippen molar-refractivity contribution in [1.82, 2.24) is 10.2 Å². The van der Waals surface area contributed by atoms with E-state index in [1.54, 1.807) is 12.1 Å². The van der Waals surface area contributed by atoms with Crippen molar-refractivity contribution in [2.45, 2.75) is 22.6 Å². The molecule has 1 heterocycles. The summed E-state index contributed by atoms with van der Waals surface area (Å²) in [5, 5.41) is 9.93. The van der Waals surface area contributed by atoms with Crippen LogP contribution in [0.3, 0.4) is 0 Å². The van der Waals surface area contributed by atoms with Crippen molar-refractivity contribution >= 4 is 31.6 Å². The van der Waals surface area contributed by atoms with E-state index in [9.17, 15) is 21.6 Å². The summed E-state index contributed by atoms with van der Waals surface area (Å²) in [5.74, 6) is -0.243. The maximum Gasteiger partial charge on any atom is 0.322 e. The number of amides is 1. The maximum atomic E-state index is 12.4. The molecule has 1 N–H and O–H groups in total. The van der Waals surface area contributed by atoms with Crippen LogP contribution in [0.1, 0.15) is 17.9 Å². The van der Waals surface area contributed by atoms with Gasteiger partial charge < -0.3 is 9.15 Å². The molecular formula is C20H21N3O7S2. The van der Waals surface area contributed by atoms with E-state index in [-0.39, 0.29) is 34.5 Å². The lowest BCUT2D eigenvalue weighted by molar-refractivity contribution is -0.116. The zero-order chi connectivity index (χ0) is 23.4. The number of aromatic nitrogens is 2. The summed E-state index contributed by atoms with van der Waals surface area (Å²) >= 11 is 0. The van der Waals surface area contributed by atoms with Crippen LogP contribution in [-0.2, 0) is 30.9 Å². The Labute approximate surface area is 185 Å². The van der Waals surface area contributed by atoms with Crippen LogP contribution < -0.4 is 10.1 Å². The molecule has 0 unspecified atom stereocenters. The Morgan fingerprint density at radius 1 is 0.969 bits per heavy atom. The lowest BCUT2D eigenvalue weighted by Crippen LogP contribution is -2.17. The number of hydrogen-bond acceptors (Lipinski definition) is 9. The topological polar surface area (TPSA) is 146 Å². The zero-order valence-electron chi connectivity index (χ0n) is 17.3. The first-order chi connectivity index (χ1) is 15.1. The Balaban J connectivity index is 1.55. The third kappa shape index (κ3) is 6.14. The zero-order valence-corrected chi connectivity index (χ0v) is 18.9. The van der Waals surface area contributed by atoms with Gasteiger partial charge in [0.2, 0.25) is 11.8 Å². The van der Waals surface area contributed by atoms with Gasteiger partial charge in [-0.05, 0) is 42.0 Å². The fraction of sp³-hybridized carbons (Fsp3) is 0.250. The van der Waals surface area contributed by atoms with Crippen LogP contribution in [0.25, 0.3) is 0 Å². The van der Waals surface area contributed by atoms with Crippen LogP contribution in [-0.4, -0.2) is 52.1 Å². The largest absolute Gasteiger partial charge is 0.497 e. The fourth-order valence-corrected chi connectivity index (χ4v) is 4.59. The number of nitrogens with one attached hydrogen (secondary N) is 1. The highest BCUT2D eigenvalue weighted by Gasteiger charge is 2.18. The standard InChI is InChI=1S/C20H21N3O7S2/c1-29-15-5-9-17(10-6-15)32(27,28)12-11-18(24)21-20-23-22-19(30-20)13-14-3-7-16(8-4-14)31(2,25)26/h3-10H,11-13H2,1-2H3,(H,21,23,24). The van der Waals surface area contributed by atoms with Gasteiger partial charge in [-0.2, -0.15) is 0 Å². The molecule has 0 atom stereocenters. The minimum absolute atomic E-state index is 0.0908. The van der Waals surface area contributed by atoms with Gasteiger partial charge in [-0.3, -0.25) is 10.1 Å². The summed E-state index contributed by atoms with van der Waals surface area (Å²) in [7, 11) is -5.46. The Hall–Kier alpha value is -3.25. The van der Waals surface area contributed by atoms with E-state index in [0.29, 0.717) is 5.75 Å². The van der Waals surface area contributed by atoms with Gasteiger partial charge >= 0.3 is 6.01 Å². The van der Waals surface area contributed by atoms with Crippen molar-refractivity contribution in [3.63, 3.8) is 0 Å². The second kappa shape index (κ2) is 9.49. The number of methoxy groups -OCH3 is 1. The van der Waals surface area contributed by atoms with Crippen LogP contribution in [0.15, 0.2) is 62.7 Å². The van der Waals surface area contributed by atoms with Crippen LogP contribution in [0.2, 0.25) is 0 Å². The third-order valence-corrected chi connectivity index (χ3v) is 7.30. The Bertz CT molecular complexity index is 1300. The first kappa shape index (κ1) is 23.4. The summed E-state index contributed by atoms with van der Waals surface area (Å²) in [6.07, 6.45) is 1.06. The number of benzene rings is 2. The van der Waals surface area contributed by atoms with Crippen molar-refractivity contribution in [2.75, 3.05) is 24.4 Å². The van der Waals surface area contributed by atoms with Crippen molar-refractivity contribution in [3.05, 3.63) is 60.0 Å². The summed E-state index contributed by atoms with van der Waals surface area (Å²) in [4.78, 5) is 12.4. The molecule has 12 heteroatoms. The molecule has 0 aliphatic carbocycles. The highest BCUT2D eigenvalue weighted by atomic mass is 32.2. The highest BCUT2D eigenvalue weighted by molar-refractivity contribution is 7.91. The molecule has 10 nitrogen and oxygen atoms in total. The second-order valence-electron chi connectivity index (χ2n) is 6.89. The minimum atomic E-state index is -3.65. The molecule has 3 rings (SSSR count). The lowest BCUT2D eigenvalue weighted by atomic mass is 10.1. The van der Waals surface area contributed by atoms with Gasteiger partial charge in [-0.25, -0.2) is 16.8 Å². The predicted molar refractivity (Wildman–Crippen MR) is 115 cm³/mol. The summed E-state index contributed by atoms with van der Waals surface area (Å²) < 4.78 is 58.1. The molecule has 0 aliphatic rings. The van der Waals surface area contributed by atoms with E-state index in [0.717, 1.165) is 11.8 Å². The van der Waals surface area contributed by atoms with Gasteiger partial charge in [0.15, 0.2) is 19.7 Å². The molecular weight excluding hydrogens is 458 g/mol. The van der Waals surface area contributed by atoms with Gasteiger partial charge in [0.05, 0.1) is 29.1 Å². The maximum absolute atomic E-state index is 12.4. The minimum Gasteiger partial charge on any atom is -0.497 e. The first-order valence-electron chi connectivity index (χ1n) is 9.35. The van der Waals surface area contributed by atoms with E-state index < -0.39 is 31.3 Å². The van der Waals surface area contributed by atoms with Crippen LogP contribution in [0.5, 0.6) is 5.75 Å². The first-order valence-corrected chi connectivity index (χ1v) is 12.9. The number of nitrogens with zero attached hydrogens (tertiary/aromatic N) is 2. The van der Waals surface area contributed by atoms with Crippen molar-refractivity contribution in [3.8, 4) is 5.75 Å². The summed E-state index contributed by atoms with van der Waals surface area (Å²) in [6, 6.07) is 12.0. The number of sulfone groups is 2. The lowest BCUT2D eigenvalue weighted by Gasteiger charge is -2.05. The number of ether oxygens (including phenoxy) is 1. The summed E-state index contributed by atoms with van der Waals surface area (Å²) in [5.41, 5.74) is 0.740.